The molecule has 0 aromatic heterocycles. The molecule has 1 N–H and O–H groups in total. The van der Waals surface area contributed by atoms with Crippen molar-refractivity contribution in [2.45, 2.75) is 57.2 Å². The first-order valence-corrected chi connectivity index (χ1v) is 16.5. The van der Waals surface area contributed by atoms with E-state index in [4.69, 9.17) is 23.2 Å². The zero-order valence-corrected chi connectivity index (χ0v) is 25.9. The van der Waals surface area contributed by atoms with Crippen LogP contribution in [0.4, 0.5) is 14.5 Å². The summed E-state index contributed by atoms with van der Waals surface area (Å²) < 4.78 is 54.1. The molecule has 0 unspecified atom stereocenters. The highest BCUT2D eigenvalue weighted by atomic mass is 35.5. The molecule has 43 heavy (non-hydrogen) atoms. The molecule has 1 aliphatic rings. The van der Waals surface area contributed by atoms with Gasteiger partial charge >= 0.3 is 0 Å². The predicted molar refractivity (Wildman–Crippen MR) is 165 cm³/mol. The van der Waals surface area contributed by atoms with Gasteiger partial charge in [0.15, 0.2) is 11.6 Å². The van der Waals surface area contributed by atoms with Gasteiger partial charge in [0, 0.05) is 25.1 Å². The summed E-state index contributed by atoms with van der Waals surface area (Å²) in [6.45, 7) is -0.853. The maximum atomic E-state index is 14.1. The second kappa shape index (κ2) is 14.5. The number of halogens is 4. The van der Waals surface area contributed by atoms with Gasteiger partial charge in [0.25, 0.3) is 0 Å². The third-order valence-corrected chi connectivity index (χ3v) is 9.31. The van der Waals surface area contributed by atoms with Gasteiger partial charge in [-0.3, -0.25) is 13.9 Å². The summed E-state index contributed by atoms with van der Waals surface area (Å²) in [5, 5.41) is 3.66. The fraction of sp³-hybridized carbons (Fsp3) is 0.355. The molecule has 0 spiro atoms. The topological polar surface area (TPSA) is 86.8 Å². The minimum absolute atomic E-state index is 0.0452. The first kappa shape index (κ1) is 32.7. The summed E-state index contributed by atoms with van der Waals surface area (Å²) in [5.41, 5.74) is 1.12. The third kappa shape index (κ3) is 8.90. The molecule has 2 amide bonds. The van der Waals surface area contributed by atoms with Crippen molar-refractivity contribution in [3.05, 3.63) is 99.5 Å². The second-order valence-corrected chi connectivity index (χ2v) is 13.4. The summed E-state index contributed by atoms with van der Waals surface area (Å²) in [7, 11) is -4.13. The highest BCUT2D eigenvalue weighted by Gasteiger charge is 2.34. The van der Waals surface area contributed by atoms with Crippen molar-refractivity contribution in [1.82, 2.24) is 10.2 Å². The normalized spacial score (nSPS) is 14.6. The van der Waals surface area contributed by atoms with Gasteiger partial charge in [-0.1, -0.05) is 78.9 Å². The molecular formula is C31H33Cl2F2N3O4S. The van der Waals surface area contributed by atoms with Crippen LogP contribution in [-0.2, 0) is 32.6 Å². The van der Waals surface area contributed by atoms with Crippen LogP contribution >= 0.6 is 23.2 Å². The maximum Gasteiger partial charge on any atom is 0.244 e. The van der Waals surface area contributed by atoms with Crippen LogP contribution in [0.3, 0.4) is 0 Å². The van der Waals surface area contributed by atoms with Gasteiger partial charge in [0.05, 0.1) is 22.0 Å². The Labute approximate surface area is 260 Å². The Bertz CT molecular complexity index is 1550. The van der Waals surface area contributed by atoms with Crippen molar-refractivity contribution in [1.29, 1.82) is 0 Å². The van der Waals surface area contributed by atoms with Crippen molar-refractivity contribution in [2.24, 2.45) is 0 Å². The minimum atomic E-state index is -4.13. The lowest BCUT2D eigenvalue weighted by atomic mass is 9.94. The standard InChI is InChI=1S/C31H33Cl2F2N3O4S/c1-43(41,42)38(24-13-15-27(34)28(35)18-24)20-30(39)37(19-22-12-14-25(32)26(33)16-22)29(17-21-8-4-2-5-9-21)31(40)36-23-10-6-3-7-11-23/h2,4-5,8-9,12-16,18,23,29H,3,6-7,10-11,17,19-20H2,1H3,(H,36,40)/t29-/m1/s1. The predicted octanol–water partition coefficient (Wildman–Crippen LogP) is 6.13. The number of sulfonamides is 1. The molecule has 4 rings (SSSR count). The highest BCUT2D eigenvalue weighted by molar-refractivity contribution is 7.92. The number of nitrogens with zero attached hydrogens (tertiary/aromatic N) is 2. The van der Waals surface area contributed by atoms with Crippen LogP contribution < -0.4 is 9.62 Å². The van der Waals surface area contributed by atoms with Crippen LogP contribution in [-0.4, -0.2) is 50.0 Å². The van der Waals surface area contributed by atoms with Gasteiger partial charge < -0.3 is 10.2 Å². The molecule has 0 radical (unpaired) electrons. The lowest BCUT2D eigenvalue weighted by molar-refractivity contribution is -0.140. The first-order valence-electron chi connectivity index (χ1n) is 13.9. The summed E-state index contributed by atoms with van der Waals surface area (Å²) in [4.78, 5) is 29.4. The Morgan fingerprint density at radius 1 is 0.907 bits per heavy atom. The van der Waals surface area contributed by atoms with E-state index in [0.29, 0.717) is 21.0 Å². The monoisotopic (exact) mass is 651 g/mol. The van der Waals surface area contributed by atoms with E-state index >= 15 is 0 Å². The summed E-state index contributed by atoms with van der Waals surface area (Å²) >= 11 is 12.4. The van der Waals surface area contributed by atoms with E-state index in [0.717, 1.165) is 56.1 Å². The number of carbonyl (C=O) groups excluding carboxylic acids is 2. The van der Waals surface area contributed by atoms with E-state index in [9.17, 15) is 26.8 Å². The van der Waals surface area contributed by atoms with E-state index < -0.39 is 40.2 Å². The molecule has 7 nitrogen and oxygen atoms in total. The van der Waals surface area contributed by atoms with Gasteiger partial charge in [-0.15, -0.1) is 0 Å². The average molecular weight is 653 g/mol. The number of hydrogen-bond acceptors (Lipinski definition) is 4. The van der Waals surface area contributed by atoms with Crippen LogP contribution in [0.2, 0.25) is 10.0 Å². The van der Waals surface area contributed by atoms with Gasteiger partial charge in [-0.25, -0.2) is 17.2 Å². The van der Waals surface area contributed by atoms with Gasteiger partial charge in [-0.2, -0.15) is 0 Å². The number of benzene rings is 3. The Morgan fingerprint density at radius 2 is 1.60 bits per heavy atom. The minimum Gasteiger partial charge on any atom is -0.352 e. The number of carbonyl (C=O) groups is 2. The number of anilines is 1. The average Bonchev–Trinajstić information content (AvgIpc) is 2.97. The van der Waals surface area contributed by atoms with Crippen molar-refractivity contribution >= 4 is 50.7 Å². The summed E-state index contributed by atoms with van der Waals surface area (Å²) in [6, 6.07) is 15.5. The third-order valence-electron chi connectivity index (χ3n) is 7.43. The molecule has 0 aliphatic heterocycles. The highest BCUT2D eigenvalue weighted by Crippen LogP contribution is 2.26. The molecule has 3 aromatic rings. The van der Waals surface area contributed by atoms with Crippen LogP contribution in [0, 0.1) is 11.6 Å². The van der Waals surface area contributed by atoms with Gasteiger partial charge in [-0.05, 0) is 48.2 Å². The zero-order chi connectivity index (χ0) is 31.1. The van der Waals surface area contributed by atoms with Gasteiger partial charge in [0.1, 0.15) is 12.6 Å². The van der Waals surface area contributed by atoms with Crippen molar-refractivity contribution in [3.63, 3.8) is 0 Å². The number of rotatable bonds is 11. The smallest absolute Gasteiger partial charge is 0.244 e. The number of hydrogen-bond donors (Lipinski definition) is 1. The molecular weight excluding hydrogens is 619 g/mol. The molecule has 0 heterocycles. The van der Waals surface area contributed by atoms with Crippen molar-refractivity contribution in [3.8, 4) is 0 Å². The molecule has 1 fully saturated rings. The lowest BCUT2D eigenvalue weighted by Gasteiger charge is -2.35. The van der Waals surface area contributed by atoms with E-state index in [-0.39, 0.29) is 35.6 Å². The largest absolute Gasteiger partial charge is 0.352 e. The fourth-order valence-corrected chi connectivity index (χ4v) is 6.35. The van der Waals surface area contributed by atoms with E-state index in [2.05, 4.69) is 5.32 Å². The Morgan fingerprint density at radius 3 is 2.23 bits per heavy atom. The van der Waals surface area contributed by atoms with Crippen LogP contribution in [0.5, 0.6) is 0 Å². The maximum absolute atomic E-state index is 14.1. The first-order chi connectivity index (χ1) is 20.4. The van der Waals surface area contributed by atoms with Crippen LogP contribution in [0.1, 0.15) is 43.2 Å². The van der Waals surface area contributed by atoms with Gasteiger partial charge in [0.2, 0.25) is 21.8 Å². The quantitative estimate of drug-likeness (QED) is 0.270. The Hall–Kier alpha value is -3.21. The molecule has 230 valence electrons. The van der Waals surface area contributed by atoms with E-state index in [1.807, 2.05) is 30.3 Å². The van der Waals surface area contributed by atoms with E-state index in [1.165, 1.54) is 4.90 Å². The SMILES string of the molecule is CS(=O)(=O)N(CC(=O)N(Cc1ccc(Cl)c(Cl)c1)[C@H](Cc1ccccc1)C(=O)NC1CCCCC1)c1ccc(F)c(F)c1. The number of nitrogens with one attached hydrogen (secondary N) is 1. The molecule has 12 heteroatoms. The fourth-order valence-electron chi connectivity index (χ4n) is 5.19. The Kier molecular flexibility index (Phi) is 11.0. The molecule has 1 atom stereocenters. The zero-order valence-electron chi connectivity index (χ0n) is 23.6. The van der Waals surface area contributed by atoms with Crippen LogP contribution in [0.15, 0.2) is 66.7 Å². The second-order valence-electron chi connectivity index (χ2n) is 10.7. The van der Waals surface area contributed by atoms with E-state index in [1.54, 1.807) is 18.2 Å². The number of amides is 2. The lowest BCUT2D eigenvalue weighted by Crippen LogP contribution is -2.55. The Balaban J connectivity index is 1.74. The van der Waals surface area contributed by atoms with Crippen molar-refractivity contribution in [2.75, 3.05) is 17.1 Å². The van der Waals surface area contributed by atoms with Crippen molar-refractivity contribution < 1.29 is 26.8 Å². The molecule has 3 aromatic carbocycles. The summed E-state index contributed by atoms with van der Waals surface area (Å²) in [5.74, 6) is -3.52. The molecule has 1 aliphatic carbocycles. The molecule has 0 saturated heterocycles. The van der Waals surface area contributed by atoms with Crippen LogP contribution in [0.25, 0.3) is 0 Å². The molecule has 1 saturated carbocycles. The summed E-state index contributed by atoms with van der Waals surface area (Å²) in [6.07, 6.45) is 5.71. The molecule has 0 bridgehead atoms.